The third-order valence-electron chi connectivity index (χ3n) is 5.03. The lowest BCUT2D eigenvalue weighted by Crippen LogP contribution is -2.19. The molecule has 29 heavy (non-hydrogen) atoms. The van der Waals surface area contributed by atoms with Gasteiger partial charge in [-0.2, -0.15) is 5.10 Å². The standard InChI is InChI=1S/C21H19FN6O/c1-13-10-20(14-6-7-14)28(25-13)18-9-8-15(11-16(18)22)23-21(29)12-27-19-5-3-2-4-17(19)24-26-27/h2-5,8-11,14H,6-7,12H2,1H3,(H,23,29). The van der Waals surface area contributed by atoms with Gasteiger partial charge >= 0.3 is 0 Å². The quantitative estimate of drug-likeness (QED) is 0.565. The molecule has 1 fully saturated rings. The van der Waals surface area contributed by atoms with E-state index in [4.69, 9.17) is 0 Å². The van der Waals surface area contributed by atoms with E-state index in [1.165, 1.54) is 10.7 Å². The van der Waals surface area contributed by atoms with Crippen molar-refractivity contribution in [2.75, 3.05) is 5.32 Å². The van der Waals surface area contributed by atoms with Crippen molar-refractivity contribution in [1.29, 1.82) is 0 Å². The molecule has 2 aromatic heterocycles. The van der Waals surface area contributed by atoms with Gasteiger partial charge in [0.1, 0.15) is 17.7 Å². The molecule has 8 heteroatoms. The first-order valence-corrected chi connectivity index (χ1v) is 9.53. The van der Waals surface area contributed by atoms with Gasteiger partial charge in [-0.15, -0.1) is 5.10 Å². The average molecular weight is 390 g/mol. The van der Waals surface area contributed by atoms with Gasteiger partial charge in [0.2, 0.25) is 5.91 Å². The second-order valence-electron chi connectivity index (χ2n) is 7.35. The number of anilines is 1. The Morgan fingerprint density at radius 3 is 2.83 bits per heavy atom. The molecule has 1 amide bonds. The lowest BCUT2D eigenvalue weighted by Gasteiger charge is -2.10. The summed E-state index contributed by atoms with van der Waals surface area (Å²) >= 11 is 0. The second-order valence-corrected chi connectivity index (χ2v) is 7.35. The van der Waals surface area contributed by atoms with Crippen LogP contribution in [0.25, 0.3) is 16.7 Å². The Morgan fingerprint density at radius 2 is 2.03 bits per heavy atom. The van der Waals surface area contributed by atoms with Crippen LogP contribution in [0.4, 0.5) is 10.1 Å². The van der Waals surface area contributed by atoms with E-state index in [1.807, 2.05) is 37.3 Å². The molecule has 5 rings (SSSR count). The number of amides is 1. The maximum Gasteiger partial charge on any atom is 0.246 e. The van der Waals surface area contributed by atoms with Crippen molar-refractivity contribution >= 4 is 22.6 Å². The van der Waals surface area contributed by atoms with Crippen LogP contribution in [0.5, 0.6) is 0 Å². The molecule has 0 aliphatic heterocycles. The number of fused-ring (bicyclic) bond motifs is 1. The summed E-state index contributed by atoms with van der Waals surface area (Å²) in [6.45, 7) is 1.90. The Morgan fingerprint density at radius 1 is 1.21 bits per heavy atom. The van der Waals surface area contributed by atoms with Crippen LogP contribution < -0.4 is 5.32 Å². The van der Waals surface area contributed by atoms with Crippen LogP contribution in [0.15, 0.2) is 48.5 Å². The van der Waals surface area contributed by atoms with E-state index in [1.54, 1.807) is 16.8 Å². The number of rotatable bonds is 5. The number of carbonyl (C=O) groups is 1. The predicted octanol–water partition coefficient (Wildman–Crippen LogP) is 3.58. The van der Waals surface area contributed by atoms with E-state index in [0.29, 0.717) is 17.3 Å². The van der Waals surface area contributed by atoms with E-state index in [-0.39, 0.29) is 12.5 Å². The van der Waals surface area contributed by atoms with Crippen LogP contribution in [-0.2, 0) is 11.3 Å². The summed E-state index contributed by atoms with van der Waals surface area (Å²) in [6.07, 6.45) is 2.22. The number of nitrogens with zero attached hydrogens (tertiary/aromatic N) is 5. The van der Waals surface area contributed by atoms with E-state index in [2.05, 4.69) is 20.7 Å². The summed E-state index contributed by atoms with van der Waals surface area (Å²) in [5, 5.41) is 15.2. The van der Waals surface area contributed by atoms with Gasteiger partial charge in [-0.1, -0.05) is 17.3 Å². The molecule has 0 unspecified atom stereocenters. The predicted molar refractivity (Wildman–Crippen MR) is 106 cm³/mol. The van der Waals surface area contributed by atoms with Crippen molar-refractivity contribution in [3.63, 3.8) is 0 Å². The van der Waals surface area contributed by atoms with Gasteiger partial charge in [0.05, 0.1) is 11.2 Å². The zero-order valence-corrected chi connectivity index (χ0v) is 15.8. The summed E-state index contributed by atoms with van der Waals surface area (Å²) < 4.78 is 18.0. The highest BCUT2D eigenvalue weighted by molar-refractivity contribution is 5.91. The van der Waals surface area contributed by atoms with Gasteiger partial charge in [-0.25, -0.2) is 13.8 Å². The highest BCUT2D eigenvalue weighted by Gasteiger charge is 2.28. The van der Waals surface area contributed by atoms with Crippen LogP contribution in [0.1, 0.15) is 30.1 Å². The van der Waals surface area contributed by atoms with Crippen LogP contribution in [0.2, 0.25) is 0 Å². The molecule has 1 aliphatic carbocycles. The minimum absolute atomic E-state index is 0.00589. The molecule has 4 aromatic rings. The smallest absolute Gasteiger partial charge is 0.246 e. The Bertz CT molecular complexity index is 1220. The number of halogens is 1. The minimum atomic E-state index is -0.431. The second kappa shape index (κ2) is 6.80. The highest BCUT2D eigenvalue weighted by Crippen LogP contribution is 2.41. The number of benzene rings is 2. The zero-order chi connectivity index (χ0) is 20.0. The normalized spacial score (nSPS) is 13.7. The molecule has 2 aromatic carbocycles. The van der Waals surface area contributed by atoms with Crippen LogP contribution in [0.3, 0.4) is 0 Å². The molecule has 0 saturated heterocycles. The maximum absolute atomic E-state index is 14.8. The van der Waals surface area contributed by atoms with Gasteiger partial charge in [-0.05, 0) is 56.2 Å². The average Bonchev–Trinajstić information content (AvgIpc) is 3.36. The van der Waals surface area contributed by atoms with Gasteiger partial charge < -0.3 is 5.32 Å². The molecule has 0 bridgehead atoms. The van der Waals surface area contributed by atoms with Gasteiger partial charge in [-0.3, -0.25) is 4.79 Å². The first kappa shape index (κ1) is 17.5. The fourth-order valence-corrected chi connectivity index (χ4v) is 3.51. The highest BCUT2D eigenvalue weighted by atomic mass is 19.1. The van der Waals surface area contributed by atoms with Crippen molar-refractivity contribution in [3.05, 3.63) is 65.7 Å². The number of hydrogen-bond acceptors (Lipinski definition) is 4. The molecule has 146 valence electrons. The zero-order valence-electron chi connectivity index (χ0n) is 15.8. The molecular formula is C21H19FN6O. The Hall–Kier alpha value is -3.55. The van der Waals surface area contributed by atoms with E-state index in [9.17, 15) is 9.18 Å². The molecule has 1 N–H and O–H groups in total. The maximum atomic E-state index is 14.8. The van der Waals surface area contributed by atoms with Crippen LogP contribution >= 0.6 is 0 Å². The Labute approximate surface area is 166 Å². The van der Waals surface area contributed by atoms with E-state index >= 15 is 0 Å². The fraction of sp³-hybridized carbons (Fsp3) is 0.238. The summed E-state index contributed by atoms with van der Waals surface area (Å²) in [5.74, 6) is -0.284. The van der Waals surface area contributed by atoms with Crippen LogP contribution in [-0.4, -0.2) is 30.7 Å². The summed E-state index contributed by atoms with van der Waals surface area (Å²) in [7, 11) is 0. The number of nitrogens with one attached hydrogen (secondary N) is 1. The summed E-state index contributed by atoms with van der Waals surface area (Å²) in [4.78, 5) is 12.4. The summed E-state index contributed by atoms with van der Waals surface area (Å²) in [5.41, 5.74) is 4.17. The van der Waals surface area contributed by atoms with Crippen molar-refractivity contribution in [1.82, 2.24) is 24.8 Å². The summed E-state index contributed by atoms with van der Waals surface area (Å²) in [6, 6.07) is 14.1. The number of hydrogen-bond donors (Lipinski definition) is 1. The SMILES string of the molecule is Cc1cc(C2CC2)n(-c2ccc(NC(=O)Cn3nnc4ccccc43)cc2F)n1. The molecule has 7 nitrogen and oxygen atoms in total. The molecule has 1 saturated carbocycles. The number of carbonyl (C=O) groups excluding carboxylic acids is 1. The lowest BCUT2D eigenvalue weighted by molar-refractivity contribution is -0.116. The molecular weight excluding hydrogens is 371 g/mol. The van der Waals surface area contributed by atoms with Gasteiger partial charge in [0, 0.05) is 17.3 Å². The number of aromatic nitrogens is 5. The van der Waals surface area contributed by atoms with Crippen molar-refractivity contribution in [2.24, 2.45) is 0 Å². The monoisotopic (exact) mass is 390 g/mol. The number of para-hydroxylation sites is 1. The third kappa shape index (κ3) is 3.37. The lowest BCUT2D eigenvalue weighted by atomic mass is 10.2. The van der Waals surface area contributed by atoms with Gasteiger partial charge in [0.25, 0.3) is 0 Å². The van der Waals surface area contributed by atoms with Gasteiger partial charge in [0.15, 0.2) is 5.82 Å². The first-order chi connectivity index (χ1) is 14.1. The topological polar surface area (TPSA) is 77.6 Å². The largest absolute Gasteiger partial charge is 0.324 e. The molecule has 2 heterocycles. The number of aryl methyl sites for hydroxylation is 1. The molecule has 0 spiro atoms. The van der Waals surface area contributed by atoms with E-state index < -0.39 is 5.82 Å². The first-order valence-electron chi connectivity index (χ1n) is 9.53. The van der Waals surface area contributed by atoms with Crippen molar-refractivity contribution in [3.8, 4) is 5.69 Å². The Balaban J connectivity index is 1.35. The molecule has 0 radical (unpaired) electrons. The van der Waals surface area contributed by atoms with Crippen molar-refractivity contribution in [2.45, 2.75) is 32.2 Å². The molecule has 0 atom stereocenters. The fourth-order valence-electron chi connectivity index (χ4n) is 3.51. The van der Waals surface area contributed by atoms with E-state index in [0.717, 1.165) is 35.3 Å². The minimum Gasteiger partial charge on any atom is -0.324 e. The van der Waals surface area contributed by atoms with Crippen molar-refractivity contribution < 1.29 is 9.18 Å². The Kier molecular flexibility index (Phi) is 4.12. The molecule has 1 aliphatic rings. The third-order valence-corrected chi connectivity index (χ3v) is 5.03. The van der Waals surface area contributed by atoms with Crippen LogP contribution in [0, 0.1) is 12.7 Å².